The largest absolute Gasteiger partial charge is 0.377 e. The summed E-state index contributed by atoms with van der Waals surface area (Å²) >= 11 is 0. The van der Waals surface area contributed by atoms with Gasteiger partial charge in [-0.1, -0.05) is 13.8 Å². The second-order valence-corrected chi connectivity index (χ2v) is 7.24. The zero-order valence-electron chi connectivity index (χ0n) is 12.9. The number of fused-ring (bicyclic) bond motifs is 1. The highest BCUT2D eigenvalue weighted by atomic mass is 16.5. The van der Waals surface area contributed by atoms with Crippen molar-refractivity contribution in [2.24, 2.45) is 17.1 Å². The number of amides is 1. The van der Waals surface area contributed by atoms with Gasteiger partial charge in [-0.2, -0.15) is 0 Å². The van der Waals surface area contributed by atoms with Crippen LogP contribution < -0.4 is 5.73 Å². The Morgan fingerprint density at radius 3 is 2.45 bits per heavy atom. The molecule has 0 aromatic heterocycles. The molecule has 1 saturated carbocycles. The maximum absolute atomic E-state index is 13.0. The van der Waals surface area contributed by atoms with Crippen molar-refractivity contribution in [2.45, 2.75) is 58.0 Å². The first-order valence-corrected chi connectivity index (χ1v) is 7.63. The maximum Gasteiger partial charge on any atom is 0.243 e. The number of ether oxygens (including phenoxy) is 2. The third-order valence-corrected chi connectivity index (χ3v) is 5.51. The van der Waals surface area contributed by atoms with Gasteiger partial charge in [0.1, 0.15) is 5.54 Å². The molecule has 0 bridgehead atoms. The van der Waals surface area contributed by atoms with Crippen molar-refractivity contribution in [1.82, 2.24) is 4.90 Å². The molecule has 20 heavy (non-hydrogen) atoms. The lowest BCUT2D eigenvalue weighted by atomic mass is 9.47. The predicted octanol–water partition coefficient (Wildman–Crippen LogP) is 0.765. The molecule has 0 radical (unpaired) electrons. The second kappa shape index (κ2) is 4.42. The molecule has 0 aromatic rings. The van der Waals surface area contributed by atoms with Crippen molar-refractivity contribution in [1.29, 1.82) is 0 Å². The van der Waals surface area contributed by atoms with Gasteiger partial charge in [0.15, 0.2) is 0 Å². The molecule has 2 saturated heterocycles. The van der Waals surface area contributed by atoms with Gasteiger partial charge in [0.2, 0.25) is 5.91 Å². The molecule has 3 aliphatic rings. The van der Waals surface area contributed by atoms with Crippen molar-refractivity contribution in [3.05, 3.63) is 0 Å². The average Bonchev–Trinajstić information content (AvgIpc) is 2.83. The second-order valence-electron chi connectivity index (χ2n) is 7.24. The Hall–Kier alpha value is -0.650. The van der Waals surface area contributed by atoms with Crippen LogP contribution in [0, 0.1) is 11.3 Å². The molecule has 114 valence electrons. The van der Waals surface area contributed by atoms with Gasteiger partial charge >= 0.3 is 0 Å². The van der Waals surface area contributed by atoms with E-state index in [9.17, 15) is 4.79 Å². The number of carbonyl (C=O) groups excluding carboxylic acids is 1. The number of hydrogen-bond acceptors (Lipinski definition) is 4. The molecule has 3 fully saturated rings. The lowest BCUT2D eigenvalue weighted by Gasteiger charge is -2.62. The minimum Gasteiger partial charge on any atom is -0.377 e. The van der Waals surface area contributed by atoms with Crippen LogP contribution in [0.4, 0.5) is 0 Å². The normalized spacial score (nSPS) is 46.8. The number of nitrogens with zero attached hydrogens (tertiary/aromatic N) is 1. The van der Waals surface area contributed by atoms with Crippen molar-refractivity contribution < 1.29 is 14.3 Å². The number of morpholine rings is 1. The number of carbonyl (C=O) groups is 1. The Balaban J connectivity index is 1.82. The van der Waals surface area contributed by atoms with Crippen LogP contribution in [0.25, 0.3) is 0 Å². The van der Waals surface area contributed by atoms with E-state index in [1.54, 1.807) is 0 Å². The van der Waals surface area contributed by atoms with E-state index in [1.165, 1.54) is 0 Å². The van der Waals surface area contributed by atoms with E-state index in [1.807, 2.05) is 18.7 Å². The molecule has 5 atom stereocenters. The molecule has 3 rings (SSSR count). The first-order valence-electron chi connectivity index (χ1n) is 7.63. The first-order chi connectivity index (χ1) is 9.28. The predicted molar refractivity (Wildman–Crippen MR) is 75.1 cm³/mol. The van der Waals surface area contributed by atoms with Gasteiger partial charge in [-0.15, -0.1) is 0 Å². The molecule has 2 N–H and O–H groups in total. The smallest absolute Gasteiger partial charge is 0.243 e. The fourth-order valence-electron chi connectivity index (χ4n) is 4.42. The Morgan fingerprint density at radius 1 is 1.25 bits per heavy atom. The lowest BCUT2D eigenvalue weighted by molar-refractivity contribution is -0.191. The van der Waals surface area contributed by atoms with Crippen LogP contribution in [0.3, 0.4) is 0 Å². The molecule has 1 aliphatic carbocycles. The van der Waals surface area contributed by atoms with Crippen LogP contribution in [0.5, 0.6) is 0 Å². The third-order valence-electron chi connectivity index (χ3n) is 5.51. The summed E-state index contributed by atoms with van der Waals surface area (Å²) in [6, 6.07) is 0. The van der Waals surface area contributed by atoms with Crippen molar-refractivity contribution >= 4 is 5.91 Å². The molecular weight excluding hydrogens is 256 g/mol. The first kappa shape index (κ1) is 14.3. The zero-order valence-corrected chi connectivity index (χ0v) is 12.9. The van der Waals surface area contributed by atoms with Crippen LogP contribution in [0.2, 0.25) is 0 Å². The fourth-order valence-corrected chi connectivity index (χ4v) is 4.42. The quantitative estimate of drug-likeness (QED) is 0.771. The van der Waals surface area contributed by atoms with Crippen LogP contribution in [-0.2, 0) is 14.3 Å². The minimum absolute atomic E-state index is 0.0742. The molecule has 2 heterocycles. The Bertz CT molecular complexity index is 415. The van der Waals surface area contributed by atoms with Gasteiger partial charge < -0.3 is 20.1 Å². The van der Waals surface area contributed by atoms with E-state index in [0.29, 0.717) is 13.1 Å². The Labute approximate surface area is 120 Å². The van der Waals surface area contributed by atoms with Crippen molar-refractivity contribution in [3.8, 4) is 0 Å². The van der Waals surface area contributed by atoms with Crippen LogP contribution >= 0.6 is 0 Å². The molecule has 1 amide bonds. The van der Waals surface area contributed by atoms with Gasteiger partial charge in [0, 0.05) is 31.0 Å². The highest BCUT2D eigenvalue weighted by Gasteiger charge is 2.72. The Morgan fingerprint density at radius 2 is 1.85 bits per heavy atom. The number of nitrogens with two attached hydrogens (primary N) is 1. The summed E-state index contributed by atoms with van der Waals surface area (Å²) in [4.78, 5) is 14.9. The summed E-state index contributed by atoms with van der Waals surface area (Å²) in [5, 5.41) is 0. The van der Waals surface area contributed by atoms with E-state index in [-0.39, 0.29) is 35.6 Å². The summed E-state index contributed by atoms with van der Waals surface area (Å²) in [7, 11) is 0. The van der Waals surface area contributed by atoms with Gasteiger partial charge in [-0.05, 0) is 20.3 Å². The average molecular weight is 282 g/mol. The monoisotopic (exact) mass is 282 g/mol. The molecular formula is C15H26N2O3. The van der Waals surface area contributed by atoms with Gasteiger partial charge in [-0.3, -0.25) is 4.79 Å². The topological polar surface area (TPSA) is 64.8 Å². The SMILES string of the molecule is CC1CN(C(=O)C2(N)C3CCOC3C2(C)C)CC(C)O1. The molecule has 0 spiro atoms. The molecule has 0 aromatic carbocycles. The van der Waals surface area contributed by atoms with E-state index in [4.69, 9.17) is 15.2 Å². The molecule has 5 unspecified atom stereocenters. The minimum atomic E-state index is -0.787. The van der Waals surface area contributed by atoms with Gasteiger partial charge in [0.25, 0.3) is 0 Å². The molecule has 5 nitrogen and oxygen atoms in total. The summed E-state index contributed by atoms with van der Waals surface area (Å²) in [6.45, 7) is 10.1. The number of rotatable bonds is 1. The van der Waals surface area contributed by atoms with Crippen LogP contribution in [0.15, 0.2) is 0 Å². The third kappa shape index (κ3) is 1.69. The highest BCUT2D eigenvalue weighted by molar-refractivity contribution is 5.89. The summed E-state index contributed by atoms with van der Waals surface area (Å²) in [5.41, 5.74) is 5.54. The van der Waals surface area contributed by atoms with E-state index < -0.39 is 5.54 Å². The van der Waals surface area contributed by atoms with Gasteiger partial charge in [0.05, 0.1) is 18.3 Å². The fraction of sp³-hybridized carbons (Fsp3) is 0.933. The maximum atomic E-state index is 13.0. The van der Waals surface area contributed by atoms with Crippen molar-refractivity contribution in [3.63, 3.8) is 0 Å². The van der Waals surface area contributed by atoms with Crippen LogP contribution in [-0.4, -0.2) is 54.4 Å². The van der Waals surface area contributed by atoms with Gasteiger partial charge in [-0.25, -0.2) is 0 Å². The summed E-state index contributed by atoms with van der Waals surface area (Å²) in [6.07, 6.45) is 1.17. The molecule has 2 aliphatic heterocycles. The van der Waals surface area contributed by atoms with E-state index in [0.717, 1.165) is 13.0 Å². The van der Waals surface area contributed by atoms with E-state index in [2.05, 4.69) is 13.8 Å². The van der Waals surface area contributed by atoms with Crippen molar-refractivity contribution in [2.75, 3.05) is 19.7 Å². The zero-order chi connectivity index (χ0) is 14.7. The molecule has 5 heteroatoms. The summed E-state index contributed by atoms with van der Waals surface area (Å²) < 4.78 is 11.5. The highest BCUT2D eigenvalue weighted by Crippen LogP contribution is 2.58. The lowest BCUT2D eigenvalue weighted by Crippen LogP contribution is -2.80. The van der Waals surface area contributed by atoms with E-state index >= 15 is 0 Å². The standard InChI is InChI=1S/C15H26N2O3/c1-9-7-17(8-10(2)20-9)13(18)15(16)11-5-6-19-12(11)14(15,3)4/h9-12H,5-8,16H2,1-4H3. The number of hydrogen-bond donors (Lipinski definition) is 1. The van der Waals surface area contributed by atoms with Crippen LogP contribution in [0.1, 0.15) is 34.1 Å². The summed E-state index contributed by atoms with van der Waals surface area (Å²) in [5.74, 6) is 0.245. The Kier molecular flexibility index (Phi) is 3.16.